The molecule has 0 radical (unpaired) electrons. The van der Waals surface area contributed by atoms with Crippen LogP contribution in [-0.2, 0) is 6.42 Å². The van der Waals surface area contributed by atoms with Gasteiger partial charge in [-0.05, 0) is 36.6 Å². The number of H-pyrrole nitrogens is 1. The Morgan fingerprint density at radius 3 is 2.57 bits per heavy atom. The first kappa shape index (κ1) is 22.3. The zero-order valence-corrected chi connectivity index (χ0v) is 19.7. The van der Waals surface area contributed by atoms with Crippen molar-refractivity contribution in [2.45, 2.75) is 12.8 Å². The third kappa shape index (κ3) is 5.00. The van der Waals surface area contributed by atoms with Gasteiger partial charge in [0.2, 0.25) is 0 Å². The number of nitrogens with zero attached hydrogens (tertiary/aromatic N) is 3. The first-order chi connectivity index (χ1) is 14.3. The van der Waals surface area contributed by atoms with Crippen LogP contribution in [0, 0.1) is 0 Å². The Morgan fingerprint density at radius 1 is 1.07 bits per heavy atom. The highest BCUT2D eigenvalue weighted by atomic mass is 127. The maximum Gasteiger partial charge on any atom is 0.193 e. The lowest BCUT2D eigenvalue weighted by atomic mass is 10.1. The summed E-state index contributed by atoms with van der Waals surface area (Å²) >= 11 is 0. The second kappa shape index (κ2) is 10.6. The number of aromatic nitrogens is 1. The van der Waals surface area contributed by atoms with Crippen LogP contribution in [0.3, 0.4) is 0 Å². The van der Waals surface area contributed by atoms with E-state index in [9.17, 15) is 5.11 Å². The fraction of sp³-hybridized carbons (Fsp3) is 0.348. The predicted molar refractivity (Wildman–Crippen MR) is 135 cm³/mol. The van der Waals surface area contributed by atoms with Gasteiger partial charge in [-0.1, -0.05) is 30.3 Å². The molecule has 0 unspecified atom stereocenters. The molecular formula is C23H30IN5O. The number of nitrogens with one attached hydrogen (secondary N) is 2. The number of guanidine groups is 1. The number of fused-ring (bicyclic) bond motifs is 1. The number of benzene rings is 2. The molecule has 0 atom stereocenters. The lowest BCUT2D eigenvalue weighted by molar-refractivity contribution is 0.369. The summed E-state index contributed by atoms with van der Waals surface area (Å²) < 4.78 is 0. The minimum absolute atomic E-state index is 0. The highest BCUT2D eigenvalue weighted by molar-refractivity contribution is 14.0. The Balaban J connectivity index is 0.00000256. The fourth-order valence-electron chi connectivity index (χ4n) is 4.04. The second-order valence-electron chi connectivity index (χ2n) is 7.40. The van der Waals surface area contributed by atoms with Crippen molar-refractivity contribution in [1.82, 2.24) is 15.2 Å². The first-order valence-corrected chi connectivity index (χ1v) is 10.3. The van der Waals surface area contributed by atoms with Crippen molar-refractivity contribution in [3.63, 3.8) is 0 Å². The van der Waals surface area contributed by atoms with Crippen LogP contribution < -0.4 is 10.2 Å². The predicted octanol–water partition coefficient (Wildman–Crippen LogP) is 3.82. The Labute approximate surface area is 195 Å². The molecule has 0 bridgehead atoms. The van der Waals surface area contributed by atoms with Crippen LogP contribution in [0.5, 0.6) is 5.75 Å². The molecule has 3 N–H and O–H groups in total. The molecular weight excluding hydrogens is 489 g/mol. The van der Waals surface area contributed by atoms with Gasteiger partial charge >= 0.3 is 0 Å². The average molecular weight is 519 g/mol. The molecule has 30 heavy (non-hydrogen) atoms. The lowest BCUT2D eigenvalue weighted by Gasteiger charge is -2.37. The van der Waals surface area contributed by atoms with Crippen LogP contribution in [0.4, 0.5) is 5.69 Å². The molecule has 6 nitrogen and oxygen atoms in total. The number of hydrogen-bond donors (Lipinski definition) is 3. The standard InChI is InChI=1S/C23H29N5O.HI/c1-24-23(25-12-6-7-18-17-26-20-9-3-2-8-19(18)20)28-15-13-27(14-16-28)21-10-4-5-11-22(21)29;/h2-5,8-11,17,26,29H,6-7,12-16H2,1H3,(H,24,25);1H. The van der Waals surface area contributed by atoms with Crippen molar-refractivity contribution >= 4 is 46.5 Å². The number of aliphatic imine (C=N–C) groups is 1. The molecule has 0 spiro atoms. The van der Waals surface area contributed by atoms with E-state index < -0.39 is 0 Å². The SMILES string of the molecule is CN=C(NCCCc1c[nH]c2ccccc12)N1CCN(c2ccccc2O)CC1.I. The number of aryl methyl sites for hydroxylation is 1. The summed E-state index contributed by atoms with van der Waals surface area (Å²) in [4.78, 5) is 12.3. The van der Waals surface area contributed by atoms with Crippen molar-refractivity contribution in [2.24, 2.45) is 4.99 Å². The van der Waals surface area contributed by atoms with Gasteiger partial charge in [0.1, 0.15) is 5.75 Å². The molecule has 1 aliphatic rings. The van der Waals surface area contributed by atoms with E-state index in [2.05, 4.69) is 55.6 Å². The molecule has 3 aromatic rings. The summed E-state index contributed by atoms with van der Waals surface area (Å²) in [7, 11) is 1.84. The number of piperazine rings is 1. The lowest BCUT2D eigenvalue weighted by Crippen LogP contribution is -2.52. The number of para-hydroxylation sites is 3. The van der Waals surface area contributed by atoms with Gasteiger partial charge in [0, 0.05) is 56.9 Å². The van der Waals surface area contributed by atoms with Crippen LogP contribution in [0.2, 0.25) is 0 Å². The van der Waals surface area contributed by atoms with Crippen LogP contribution >= 0.6 is 24.0 Å². The number of phenols is 1. The van der Waals surface area contributed by atoms with E-state index in [1.807, 2.05) is 25.2 Å². The summed E-state index contributed by atoms with van der Waals surface area (Å²) in [6, 6.07) is 16.0. The van der Waals surface area contributed by atoms with Crippen molar-refractivity contribution in [2.75, 3.05) is 44.7 Å². The number of aromatic amines is 1. The topological polar surface area (TPSA) is 66.9 Å². The van der Waals surface area contributed by atoms with Gasteiger partial charge in [0.15, 0.2) is 5.96 Å². The summed E-state index contributed by atoms with van der Waals surface area (Å²) in [6.45, 7) is 4.40. The maximum atomic E-state index is 10.1. The molecule has 0 saturated carbocycles. The second-order valence-corrected chi connectivity index (χ2v) is 7.40. The Morgan fingerprint density at radius 2 is 1.80 bits per heavy atom. The summed E-state index contributed by atoms with van der Waals surface area (Å²) in [6.07, 6.45) is 4.21. The highest BCUT2D eigenvalue weighted by Crippen LogP contribution is 2.27. The number of rotatable bonds is 5. The van der Waals surface area contributed by atoms with E-state index in [0.29, 0.717) is 5.75 Å². The van der Waals surface area contributed by atoms with Gasteiger partial charge in [0.25, 0.3) is 0 Å². The third-order valence-electron chi connectivity index (χ3n) is 5.59. The van der Waals surface area contributed by atoms with Gasteiger partial charge < -0.3 is 25.2 Å². The summed E-state index contributed by atoms with van der Waals surface area (Å²) in [5.41, 5.74) is 3.48. The third-order valence-corrected chi connectivity index (χ3v) is 5.59. The normalized spacial score (nSPS) is 14.6. The van der Waals surface area contributed by atoms with E-state index in [1.165, 1.54) is 16.5 Å². The van der Waals surface area contributed by atoms with E-state index in [0.717, 1.165) is 57.2 Å². The largest absolute Gasteiger partial charge is 0.506 e. The summed E-state index contributed by atoms with van der Waals surface area (Å²) in [5.74, 6) is 1.31. The Kier molecular flexibility index (Phi) is 7.84. The van der Waals surface area contributed by atoms with Crippen molar-refractivity contribution < 1.29 is 5.11 Å². The van der Waals surface area contributed by atoms with Gasteiger partial charge in [-0.25, -0.2) is 0 Å². The van der Waals surface area contributed by atoms with Gasteiger partial charge in [-0.3, -0.25) is 4.99 Å². The van der Waals surface area contributed by atoms with E-state index in [1.54, 1.807) is 6.07 Å². The monoisotopic (exact) mass is 519 g/mol. The highest BCUT2D eigenvalue weighted by Gasteiger charge is 2.21. The van der Waals surface area contributed by atoms with Crippen molar-refractivity contribution in [1.29, 1.82) is 0 Å². The van der Waals surface area contributed by atoms with E-state index in [4.69, 9.17) is 0 Å². The van der Waals surface area contributed by atoms with Crippen LogP contribution in [0.1, 0.15) is 12.0 Å². The first-order valence-electron chi connectivity index (χ1n) is 10.3. The molecule has 1 saturated heterocycles. The minimum Gasteiger partial charge on any atom is -0.506 e. The summed E-state index contributed by atoms with van der Waals surface area (Å²) in [5, 5.41) is 14.9. The molecule has 2 heterocycles. The number of phenolic OH excluding ortho intramolecular Hbond substituents is 1. The molecule has 160 valence electrons. The molecule has 7 heteroatoms. The molecule has 1 fully saturated rings. The molecule has 4 rings (SSSR count). The molecule has 1 aromatic heterocycles. The Bertz CT molecular complexity index is 978. The number of halogens is 1. The zero-order valence-electron chi connectivity index (χ0n) is 17.3. The van der Waals surface area contributed by atoms with Crippen molar-refractivity contribution in [3.05, 3.63) is 60.3 Å². The smallest absolute Gasteiger partial charge is 0.193 e. The van der Waals surface area contributed by atoms with Crippen molar-refractivity contribution in [3.8, 4) is 5.75 Å². The Hall–Kier alpha value is -2.42. The number of hydrogen-bond acceptors (Lipinski definition) is 3. The molecule has 0 aliphatic carbocycles. The molecule has 1 aliphatic heterocycles. The fourth-order valence-corrected chi connectivity index (χ4v) is 4.04. The minimum atomic E-state index is 0. The van der Waals surface area contributed by atoms with E-state index >= 15 is 0 Å². The van der Waals surface area contributed by atoms with Gasteiger partial charge in [-0.2, -0.15) is 0 Å². The van der Waals surface area contributed by atoms with Gasteiger partial charge in [0.05, 0.1) is 5.69 Å². The zero-order chi connectivity index (χ0) is 20.1. The number of anilines is 1. The van der Waals surface area contributed by atoms with Crippen LogP contribution in [-0.4, -0.2) is 60.7 Å². The molecule has 0 amide bonds. The van der Waals surface area contributed by atoms with Crippen LogP contribution in [0.25, 0.3) is 10.9 Å². The maximum absolute atomic E-state index is 10.1. The van der Waals surface area contributed by atoms with Crippen LogP contribution in [0.15, 0.2) is 59.7 Å². The molecule has 2 aromatic carbocycles. The quantitative estimate of drug-likeness (QED) is 0.208. The average Bonchev–Trinajstić information content (AvgIpc) is 3.18. The van der Waals surface area contributed by atoms with Gasteiger partial charge in [-0.15, -0.1) is 24.0 Å². The van der Waals surface area contributed by atoms with E-state index in [-0.39, 0.29) is 24.0 Å². The number of aromatic hydroxyl groups is 1.